The molecule has 3 heteroatoms. The number of hydrogen-bond acceptors (Lipinski definition) is 3. The van der Waals surface area contributed by atoms with E-state index >= 15 is 0 Å². The lowest BCUT2D eigenvalue weighted by atomic mass is 9.90. The van der Waals surface area contributed by atoms with Gasteiger partial charge in [-0.05, 0) is 51.6 Å². The van der Waals surface area contributed by atoms with Crippen LogP contribution in [0.15, 0.2) is 0 Å². The smallest absolute Gasteiger partial charge is 0.0613 e. The maximum Gasteiger partial charge on any atom is 0.0613 e. The lowest BCUT2D eigenvalue weighted by Crippen LogP contribution is -2.51. The summed E-state index contributed by atoms with van der Waals surface area (Å²) in [4.78, 5) is 2.45. The molecule has 18 heavy (non-hydrogen) atoms. The number of nitrogens with one attached hydrogen (secondary N) is 1. The third kappa shape index (κ3) is 5.68. The van der Waals surface area contributed by atoms with Gasteiger partial charge in [-0.15, -0.1) is 0 Å². The van der Waals surface area contributed by atoms with E-state index in [1.54, 1.807) is 0 Å². The van der Waals surface area contributed by atoms with Crippen LogP contribution in [0.5, 0.6) is 0 Å². The highest BCUT2D eigenvalue weighted by atomic mass is 16.3. The van der Waals surface area contributed by atoms with E-state index in [1.807, 2.05) is 0 Å². The molecule has 1 saturated carbocycles. The summed E-state index contributed by atoms with van der Waals surface area (Å²) < 4.78 is 0. The Hall–Kier alpha value is -0.120. The lowest BCUT2D eigenvalue weighted by molar-refractivity contribution is 0.131. The fraction of sp³-hybridized carbons (Fsp3) is 1.00. The molecular weight excluding hydrogens is 224 g/mol. The summed E-state index contributed by atoms with van der Waals surface area (Å²) in [5.74, 6) is 0.970. The molecule has 0 aromatic heterocycles. The molecule has 0 aromatic carbocycles. The van der Waals surface area contributed by atoms with Crippen LogP contribution in [-0.2, 0) is 0 Å². The van der Waals surface area contributed by atoms with Gasteiger partial charge in [0, 0.05) is 18.1 Å². The minimum absolute atomic E-state index is 0.0748. The van der Waals surface area contributed by atoms with Gasteiger partial charge in [0.2, 0.25) is 0 Å². The van der Waals surface area contributed by atoms with Gasteiger partial charge in [0.25, 0.3) is 0 Å². The van der Waals surface area contributed by atoms with Gasteiger partial charge in [-0.2, -0.15) is 0 Å². The zero-order valence-electron chi connectivity index (χ0n) is 12.7. The Balaban J connectivity index is 2.26. The molecule has 0 amide bonds. The average Bonchev–Trinajstić information content (AvgIpc) is 3.11. The van der Waals surface area contributed by atoms with Crippen LogP contribution in [0, 0.1) is 5.92 Å². The molecular formula is C15H32N2O. The van der Waals surface area contributed by atoms with Gasteiger partial charge in [-0.25, -0.2) is 0 Å². The highest BCUT2D eigenvalue weighted by molar-refractivity contribution is 4.87. The third-order valence-electron chi connectivity index (χ3n) is 4.04. The molecule has 1 aliphatic rings. The molecule has 1 fully saturated rings. The SMILES string of the molecule is CCC(CO)(CCCN(C)CC1CC1)NC(C)C. The Bertz CT molecular complexity index is 223. The van der Waals surface area contributed by atoms with E-state index in [0.717, 1.165) is 31.7 Å². The number of rotatable bonds is 10. The molecule has 0 saturated heterocycles. The highest BCUT2D eigenvalue weighted by Crippen LogP contribution is 2.29. The van der Waals surface area contributed by atoms with Crippen molar-refractivity contribution < 1.29 is 5.11 Å². The van der Waals surface area contributed by atoms with Gasteiger partial charge in [0.1, 0.15) is 0 Å². The van der Waals surface area contributed by atoms with Crippen LogP contribution in [0.3, 0.4) is 0 Å². The topological polar surface area (TPSA) is 35.5 Å². The van der Waals surface area contributed by atoms with Gasteiger partial charge < -0.3 is 15.3 Å². The average molecular weight is 256 g/mol. The summed E-state index contributed by atoms with van der Waals surface area (Å²) in [5.41, 5.74) is -0.0748. The Morgan fingerprint density at radius 3 is 2.50 bits per heavy atom. The Kier molecular flexibility index (Phi) is 6.61. The molecule has 2 N–H and O–H groups in total. The number of aliphatic hydroxyl groups is 1. The number of nitrogens with zero attached hydrogens (tertiary/aromatic N) is 1. The van der Waals surface area contributed by atoms with Crippen molar-refractivity contribution >= 4 is 0 Å². The van der Waals surface area contributed by atoms with E-state index in [0.29, 0.717) is 6.04 Å². The predicted molar refractivity (Wildman–Crippen MR) is 77.8 cm³/mol. The fourth-order valence-corrected chi connectivity index (χ4v) is 2.72. The first-order valence-corrected chi connectivity index (χ1v) is 7.58. The maximum atomic E-state index is 9.67. The standard InChI is InChI=1S/C15H32N2O/c1-5-15(12-18,16-13(2)3)9-6-10-17(4)11-14-7-8-14/h13-14,16,18H,5-12H2,1-4H3. The van der Waals surface area contributed by atoms with Crippen LogP contribution in [0.2, 0.25) is 0 Å². The molecule has 0 heterocycles. The molecule has 3 nitrogen and oxygen atoms in total. The van der Waals surface area contributed by atoms with Gasteiger partial charge in [-0.1, -0.05) is 20.8 Å². The molecule has 1 atom stereocenters. The zero-order chi connectivity index (χ0) is 13.6. The van der Waals surface area contributed by atoms with E-state index in [-0.39, 0.29) is 12.1 Å². The van der Waals surface area contributed by atoms with Crippen molar-refractivity contribution in [1.29, 1.82) is 0 Å². The van der Waals surface area contributed by atoms with Crippen LogP contribution in [0.25, 0.3) is 0 Å². The second kappa shape index (κ2) is 7.46. The van der Waals surface area contributed by atoms with Crippen LogP contribution in [0.1, 0.15) is 52.9 Å². The quantitative estimate of drug-likeness (QED) is 0.629. The van der Waals surface area contributed by atoms with Gasteiger partial charge in [0.15, 0.2) is 0 Å². The Morgan fingerprint density at radius 1 is 1.39 bits per heavy atom. The zero-order valence-corrected chi connectivity index (χ0v) is 12.7. The Morgan fingerprint density at radius 2 is 2.06 bits per heavy atom. The van der Waals surface area contributed by atoms with E-state index in [4.69, 9.17) is 0 Å². The molecule has 0 spiro atoms. The molecule has 0 aliphatic heterocycles. The summed E-state index contributed by atoms with van der Waals surface area (Å²) in [6.07, 6.45) is 6.07. The molecule has 1 unspecified atom stereocenters. The number of aliphatic hydroxyl groups excluding tert-OH is 1. The van der Waals surface area contributed by atoms with Crippen molar-refractivity contribution in [3.63, 3.8) is 0 Å². The van der Waals surface area contributed by atoms with Crippen molar-refractivity contribution in [3.8, 4) is 0 Å². The van der Waals surface area contributed by atoms with E-state index < -0.39 is 0 Å². The van der Waals surface area contributed by atoms with Crippen molar-refractivity contribution in [2.75, 3.05) is 26.7 Å². The predicted octanol–water partition coefficient (Wildman–Crippen LogP) is 2.25. The second-order valence-corrected chi connectivity index (χ2v) is 6.40. The van der Waals surface area contributed by atoms with Crippen molar-refractivity contribution in [2.24, 2.45) is 5.92 Å². The molecule has 0 radical (unpaired) electrons. The van der Waals surface area contributed by atoms with E-state index in [9.17, 15) is 5.11 Å². The van der Waals surface area contributed by atoms with Crippen molar-refractivity contribution in [3.05, 3.63) is 0 Å². The molecule has 0 aromatic rings. The van der Waals surface area contributed by atoms with Gasteiger partial charge in [-0.3, -0.25) is 0 Å². The summed E-state index contributed by atoms with van der Waals surface area (Å²) in [7, 11) is 2.22. The first kappa shape index (κ1) is 15.9. The monoisotopic (exact) mass is 256 g/mol. The first-order chi connectivity index (χ1) is 8.51. The van der Waals surface area contributed by atoms with Crippen molar-refractivity contribution in [1.82, 2.24) is 10.2 Å². The van der Waals surface area contributed by atoms with Crippen molar-refractivity contribution in [2.45, 2.75) is 64.5 Å². The molecule has 0 bridgehead atoms. The van der Waals surface area contributed by atoms with Crippen LogP contribution in [0.4, 0.5) is 0 Å². The molecule has 108 valence electrons. The van der Waals surface area contributed by atoms with Crippen LogP contribution >= 0.6 is 0 Å². The highest BCUT2D eigenvalue weighted by Gasteiger charge is 2.28. The maximum absolute atomic E-state index is 9.67. The lowest BCUT2D eigenvalue weighted by Gasteiger charge is -2.35. The third-order valence-corrected chi connectivity index (χ3v) is 4.04. The molecule has 1 rings (SSSR count). The van der Waals surface area contributed by atoms with Gasteiger partial charge in [0.05, 0.1) is 6.61 Å². The van der Waals surface area contributed by atoms with Crippen LogP contribution < -0.4 is 5.32 Å². The Labute approximate surface area is 113 Å². The van der Waals surface area contributed by atoms with Gasteiger partial charge >= 0.3 is 0 Å². The fourth-order valence-electron chi connectivity index (χ4n) is 2.72. The second-order valence-electron chi connectivity index (χ2n) is 6.40. The minimum Gasteiger partial charge on any atom is -0.394 e. The normalized spacial score (nSPS) is 19.5. The minimum atomic E-state index is -0.0748. The largest absolute Gasteiger partial charge is 0.394 e. The summed E-state index contributed by atoms with van der Waals surface area (Å²) in [5, 5.41) is 13.2. The van der Waals surface area contributed by atoms with E-state index in [1.165, 1.54) is 19.4 Å². The number of hydrogen-bond donors (Lipinski definition) is 2. The van der Waals surface area contributed by atoms with Crippen LogP contribution in [-0.4, -0.2) is 48.3 Å². The summed E-state index contributed by atoms with van der Waals surface area (Å²) in [6.45, 7) is 9.12. The van der Waals surface area contributed by atoms with E-state index in [2.05, 4.69) is 38.0 Å². The summed E-state index contributed by atoms with van der Waals surface area (Å²) >= 11 is 0. The summed E-state index contributed by atoms with van der Waals surface area (Å²) in [6, 6.07) is 0.432. The molecule has 1 aliphatic carbocycles. The first-order valence-electron chi connectivity index (χ1n) is 7.58.